The summed E-state index contributed by atoms with van der Waals surface area (Å²) in [5, 5.41) is 4.09. The van der Waals surface area contributed by atoms with E-state index in [0.717, 1.165) is 31.4 Å². The standard InChI is InChI=1S/C15H23ClFN/c1-4-8-18-15(11(3)5-2)9-12-6-7-13(17)10-14(12)16/h6-7,10-11,15,18H,4-5,8-9H2,1-3H3. The predicted octanol–water partition coefficient (Wildman–Crippen LogP) is 4.44. The Morgan fingerprint density at radius 1 is 1.33 bits per heavy atom. The fourth-order valence-electron chi connectivity index (χ4n) is 2.01. The quantitative estimate of drug-likeness (QED) is 0.773. The Kier molecular flexibility index (Phi) is 6.66. The van der Waals surface area contributed by atoms with Gasteiger partial charge < -0.3 is 5.32 Å². The maximum absolute atomic E-state index is 13.0. The van der Waals surface area contributed by atoms with Gasteiger partial charge in [0.2, 0.25) is 0 Å². The van der Waals surface area contributed by atoms with Gasteiger partial charge in [-0.2, -0.15) is 0 Å². The Labute approximate surface area is 115 Å². The van der Waals surface area contributed by atoms with Gasteiger partial charge >= 0.3 is 0 Å². The fourth-order valence-corrected chi connectivity index (χ4v) is 2.26. The molecule has 0 radical (unpaired) electrons. The van der Waals surface area contributed by atoms with E-state index in [9.17, 15) is 4.39 Å². The van der Waals surface area contributed by atoms with Crippen LogP contribution in [0.5, 0.6) is 0 Å². The van der Waals surface area contributed by atoms with Gasteiger partial charge in [0, 0.05) is 11.1 Å². The molecule has 0 fully saturated rings. The summed E-state index contributed by atoms with van der Waals surface area (Å²) in [6, 6.07) is 5.07. The smallest absolute Gasteiger partial charge is 0.124 e. The summed E-state index contributed by atoms with van der Waals surface area (Å²) >= 11 is 6.09. The van der Waals surface area contributed by atoms with Crippen LogP contribution in [0.15, 0.2) is 18.2 Å². The van der Waals surface area contributed by atoms with Crippen LogP contribution in [-0.4, -0.2) is 12.6 Å². The molecule has 1 aromatic rings. The monoisotopic (exact) mass is 271 g/mol. The summed E-state index contributed by atoms with van der Waals surface area (Å²) in [5.74, 6) is 0.308. The van der Waals surface area contributed by atoms with Crippen molar-refractivity contribution < 1.29 is 4.39 Å². The molecule has 0 bridgehead atoms. The third kappa shape index (κ3) is 4.58. The molecule has 0 saturated carbocycles. The van der Waals surface area contributed by atoms with Crippen LogP contribution < -0.4 is 5.32 Å². The van der Waals surface area contributed by atoms with E-state index in [4.69, 9.17) is 11.6 Å². The summed E-state index contributed by atoms with van der Waals surface area (Å²) in [4.78, 5) is 0. The van der Waals surface area contributed by atoms with Crippen molar-refractivity contribution in [2.75, 3.05) is 6.54 Å². The maximum Gasteiger partial charge on any atom is 0.124 e. The van der Waals surface area contributed by atoms with Gasteiger partial charge in [-0.1, -0.05) is 44.9 Å². The SMILES string of the molecule is CCCNC(Cc1ccc(F)cc1Cl)C(C)CC. The van der Waals surface area contributed by atoms with Gasteiger partial charge in [-0.3, -0.25) is 0 Å². The average molecular weight is 272 g/mol. The topological polar surface area (TPSA) is 12.0 Å². The fraction of sp³-hybridized carbons (Fsp3) is 0.600. The molecule has 1 aromatic carbocycles. The Morgan fingerprint density at radius 2 is 2.06 bits per heavy atom. The van der Waals surface area contributed by atoms with Crippen LogP contribution in [0, 0.1) is 11.7 Å². The number of halogens is 2. The molecule has 102 valence electrons. The number of hydrogen-bond acceptors (Lipinski definition) is 1. The van der Waals surface area contributed by atoms with E-state index >= 15 is 0 Å². The molecule has 0 aliphatic carbocycles. The van der Waals surface area contributed by atoms with Crippen molar-refractivity contribution in [3.8, 4) is 0 Å². The molecule has 0 aromatic heterocycles. The van der Waals surface area contributed by atoms with Crippen molar-refractivity contribution in [3.63, 3.8) is 0 Å². The molecular formula is C15H23ClFN. The first-order valence-electron chi connectivity index (χ1n) is 6.75. The minimum Gasteiger partial charge on any atom is -0.313 e. The average Bonchev–Trinajstić information content (AvgIpc) is 2.36. The van der Waals surface area contributed by atoms with Crippen LogP contribution in [0.4, 0.5) is 4.39 Å². The highest BCUT2D eigenvalue weighted by Crippen LogP contribution is 2.21. The van der Waals surface area contributed by atoms with Gasteiger partial charge in [0.1, 0.15) is 5.82 Å². The van der Waals surface area contributed by atoms with Crippen molar-refractivity contribution >= 4 is 11.6 Å². The third-order valence-corrected chi connectivity index (χ3v) is 3.79. The van der Waals surface area contributed by atoms with Crippen LogP contribution >= 0.6 is 11.6 Å². The minimum absolute atomic E-state index is 0.273. The molecule has 18 heavy (non-hydrogen) atoms. The number of nitrogens with one attached hydrogen (secondary N) is 1. The van der Waals surface area contributed by atoms with Gasteiger partial charge in [0.15, 0.2) is 0 Å². The molecule has 1 rings (SSSR count). The van der Waals surface area contributed by atoms with E-state index in [1.165, 1.54) is 12.1 Å². The lowest BCUT2D eigenvalue weighted by Gasteiger charge is -2.25. The minimum atomic E-state index is -0.273. The summed E-state index contributed by atoms with van der Waals surface area (Å²) in [6.07, 6.45) is 3.10. The molecule has 0 spiro atoms. The Hall–Kier alpha value is -0.600. The highest BCUT2D eigenvalue weighted by atomic mass is 35.5. The van der Waals surface area contributed by atoms with Crippen molar-refractivity contribution in [3.05, 3.63) is 34.6 Å². The number of rotatable bonds is 7. The van der Waals surface area contributed by atoms with Crippen molar-refractivity contribution in [2.24, 2.45) is 5.92 Å². The molecule has 2 atom stereocenters. The second-order valence-corrected chi connectivity index (χ2v) is 5.29. The van der Waals surface area contributed by atoms with Gasteiger partial charge in [-0.25, -0.2) is 4.39 Å². The van der Waals surface area contributed by atoms with Crippen molar-refractivity contribution in [1.29, 1.82) is 0 Å². The summed E-state index contributed by atoms with van der Waals surface area (Å²) in [7, 11) is 0. The third-order valence-electron chi connectivity index (χ3n) is 3.44. The van der Waals surface area contributed by atoms with E-state index in [0.29, 0.717) is 17.0 Å². The molecule has 0 aliphatic heterocycles. The second kappa shape index (κ2) is 7.75. The van der Waals surface area contributed by atoms with E-state index in [-0.39, 0.29) is 5.82 Å². The highest BCUT2D eigenvalue weighted by Gasteiger charge is 2.17. The lowest BCUT2D eigenvalue weighted by molar-refractivity contribution is 0.365. The van der Waals surface area contributed by atoms with E-state index < -0.39 is 0 Å². The Balaban J connectivity index is 2.75. The van der Waals surface area contributed by atoms with Crippen molar-refractivity contribution in [1.82, 2.24) is 5.32 Å². The molecule has 0 heterocycles. The molecule has 0 aliphatic rings. The number of hydrogen-bond donors (Lipinski definition) is 1. The Morgan fingerprint density at radius 3 is 2.61 bits per heavy atom. The lowest BCUT2D eigenvalue weighted by Crippen LogP contribution is -2.37. The van der Waals surface area contributed by atoms with Crippen LogP contribution in [0.2, 0.25) is 5.02 Å². The molecule has 0 saturated heterocycles. The predicted molar refractivity (Wildman–Crippen MR) is 76.7 cm³/mol. The van der Waals surface area contributed by atoms with Crippen LogP contribution in [0.25, 0.3) is 0 Å². The molecule has 0 amide bonds. The van der Waals surface area contributed by atoms with Crippen LogP contribution in [0.3, 0.4) is 0 Å². The van der Waals surface area contributed by atoms with Crippen LogP contribution in [0.1, 0.15) is 39.2 Å². The van der Waals surface area contributed by atoms with Gasteiger partial charge in [0.25, 0.3) is 0 Å². The normalized spacial score (nSPS) is 14.5. The summed E-state index contributed by atoms with van der Waals surface area (Å²) in [6.45, 7) is 7.60. The van der Waals surface area contributed by atoms with Crippen molar-refractivity contribution in [2.45, 2.75) is 46.1 Å². The highest BCUT2D eigenvalue weighted by molar-refractivity contribution is 6.31. The van der Waals surface area contributed by atoms with Gasteiger partial charge in [-0.15, -0.1) is 0 Å². The van der Waals surface area contributed by atoms with E-state index in [2.05, 4.69) is 26.1 Å². The van der Waals surface area contributed by atoms with Crippen LogP contribution in [-0.2, 0) is 6.42 Å². The molecule has 2 unspecified atom stereocenters. The van der Waals surface area contributed by atoms with Gasteiger partial charge in [-0.05, 0) is 43.0 Å². The largest absolute Gasteiger partial charge is 0.313 e. The first-order chi connectivity index (χ1) is 8.58. The first-order valence-corrected chi connectivity index (χ1v) is 7.13. The summed E-state index contributed by atoms with van der Waals surface area (Å²) in [5.41, 5.74) is 1.02. The molecular weight excluding hydrogens is 249 g/mol. The summed E-state index contributed by atoms with van der Waals surface area (Å²) < 4.78 is 13.0. The van der Waals surface area contributed by atoms with E-state index in [1.54, 1.807) is 6.07 Å². The second-order valence-electron chi connectivity index (χ2n) is 4.89. The maximum atomic E-state index is 13.0. The first kappa shape index (κ1) is 15.5. The molecule has 1 N–H and O–H groups in total. The van der Waals surface area contributed by atoms with E-state index in [1.807, 2.05) is 0 Å². The zero-order valence-corrected chi connectivity index (χ0v) is 12.2. The molecule has 3 heteroatoms. The zero-order valence-electron chi connectivity index (χ0n) is 11.5. The Bertz CT molecular complexity index is 368. The van der Waals surface area contributed by atoms with Gasteiger partial charge in [0.05, 0.1) is 0 Å². The lowest BCUT2D eigenvalue weighted by atomic mass is 9.93. The zero-order chi connectivity index (χ0) is 13.5. The molecule has 1 nitrogen and oxygen atoms in total. The number of benzene rings is 1.